The molecule has 0 aliphatic carbocycles. The summed E-state index contributed by atoms with van der Waals surface area (Å²) >= 11 is 0. The van der Waals surface area contributed by atoms with E-state index in [1.807, 2.05) is 0 Å². The Kier molecular flexibility index (Phi) is 6.06. The van der Waals surface area contributed by atoms with Crippen LogP contribution in [0.1, 0.15) is 39.5 Å². The maximum absolute atomic E-state index is 8.54. The van der Waals surface area contributed by atoms with Gasteiger partial charge in [0, 0.05) is 6.61 Å². The fourth-order valence-corrected chi connectivity index (χ4v) is 0.917. The van der Waals surface area contributed by atoms with E-state index >= 15 is 0 Å². The van der Waals surface area contributed by atoms with Crippen molar-refractivity contribution in [3.63, 3.8) is 0 Å². The zero-order valence-electron chi connectivity index (χ0n) is 6.56. The molecule has 0 fully saturated rings. The van der Waals surface area contributed by atoms with Crippen LogP contribution in [0.5, 0.6) is 0 Å². The minimum Gasteiger partial charge on any atom is -0.396 e. The van der Waals surface area contributed by atoms with Crippen LogP contribution in [0.15, 0.2) is 0 Å². The van der Waals surface area contributed by atoms with Gasteiger partial charge in [0.1, 0.15) is 0 Å². The van der Waals surface area contributed by atoms with Crippen molar-refractivity contribution in [1.29, 1.82) is 0 Å². The van der Waals surface area contributed by atoms with Crippen molar-refractivity contribution < 1.29 is 5.11 Å². The summed E-state index contributed by atoms with van der Waals surface area (Å²) in [5, 5.41) is 8.54. The van der Waals surface area contributed by atoms with Gasteiger partial charge in [-0.1, -0.05) is 33.1 Å². The first-order chi connectivity index (χ1) is 4.31. The molecule has 56 valence electrons. The van der Waals surface area contributed by atoms with Gasteiger partial charge >= 0.3 is 0 Å². The van der Waals surface area contributed by atoms with E-state index in [0.29, 0.717) is 6.61 Å². The first-order valence-corrected chi connectivity index (χ1v) is 3.92. The highest BCUT2D eigenvalue weighted by atomic mass is 16.2. The summed E-state index contributed by atoms with van der Waals surface area (Å²) in [5.41, 5.74) is 0. The van der Waals surface area contributed by atoms with Gasteiger partial charge in [-0.05, 0) is 12.3 Å². The van der Waals surface area contributed by atoms with E-state index in [2.05, 4.69) is 13.8 Å². The van der Waals surface area contributed by atoms with Gasteiger partial charge in [-0.25, -0.2) is 0 Å². The zero-order chi connectivity index (χ0) is 7.11. The lowest BCUT2D eigenvalue weighted by molar-refractivity contribution is 0.257. The van der Waals surface area contributed by atoms with Crippen LogP contribution < -0.4 is 0 Å². The quantitative estimate of drug-likeness (QED) is 0.605. The van der Waals surface area contributed by atoms with Crippen LogP contribution in [0.3, 0.4) is 0 Å². The van der Waals surface area contributed by atoms with Gasteiger partial charge in [-0.15, -0.1) is 0 Å². The molecule has 0 aromatic carbocycles. The second kappa shape index (κ2) is 6.09. The molecule has 0 heterocycles. The SMILES string of the molecule is CCCC[C@@H](C)CCO. The molecule has 0 aliphatic rings. The fourth-order valence-electron chi connectivity index (χ4n) is 0.917. The summed E-state index contributed by atoms with van der Waals surface area (Å²) in [6.07, 6.45) is 4.83. The Labute approximate surface area is 58.1 Å². The van der Waals surface area contributed by atoms with Crippen LogP contribution in [0, 0.1) is 5.92 Å². The molecule has 0 saturated heterocycles. The molecule has 0 aromatic heterocycles. The molecule has 1 atom stereocenters. The van der Waals surface area contributed by atoms with Crippen LogP contribution in [-0.4, -0.2) is 11.7 Å². The van der Waals surface area contributed by atoms with Gasteiger partial charge in [0.05, 0.1) is 0 Å². The van der Waals surface area contributed by atoms with Crippen molar-refractivity contribution in [2.24, 2.45) is 5.92 Å². The van der Waals surface area contributed by atoms with Crippen LogP contribution >= 0.6 is 0 Å². The lowest BCUT2D eigenvalue weighted by Crippen LogP contribution is -1.96. The van der Waals surface area contributed by atoms with Gasteiger partial charge in [-0.3, -0.25) is 0 Å². The standard InChI is InChI=1S/C8H18O/c1-3-4-5-8(2)6-7-9/h8-9H,3-7H2,1-2H3/t8-/m1/s1. The maximum Gasteiger partial charge on any atom is 0.0433 e. The third-order valence-electron chi connectivity index (χ3n) is 1.67. The molecule has 0 bridgehead atoms. The first-order valence-electron chi connectivity index (χ1n) is 3.92. The van der Waals surface area contributed by atoms with Gasteiger partial charge in [0.2, 0.25) is 0 Å². The Morgan fingerprint density at radius 2 is 2.00 bits per heavy atom. The zero-order valence-corrected chi connectivity index (χ0v) is 6.56. The molecular formula is C8H18O. The number of unbranched alkanes of at least 4 members (excludes halogenated alkanes) is 1. The normalized spacial score (nSPS) is 13.7. The number of aliphatic hydroxyl groups excluding tert-OH is 1. The average Bonchev–Trinajstić information content (AvgIpc) is 1.85. The summed E-state index contributed by atoms with van der Waals surface area (Å²) in [4.78, 5) is 0. The Hall–Kier alpha value is -0.0400. The molecule has 9 heavy (non-hydrogen) atoms. The Balaban J connectivity index is 2.95. The lowest BCUT2D eigenvalue weighted by Gasteiger charge is -2.06. The van der Waals surface area contributed by atoms with E-state index in [-0.39, 0.29) is 0 Å². The summed E-state index contributed by atoms with van der Waals surface area (Å²) < 4.78 is 0. The Bertz CT molecular complexity index is 52.5. The predicted octanol–water partition coefficient (Wildman–Crippen LogP) is 2.20. The predicted molar refractivity (Wildman–Crippen MR) is 40.4 cm³/mol. The molecule has 1 N–H and O–H groups in total. The molecule has 0 rings (SSSR count). The van der Waals surface area contributed by atoms with E-state index in [1.54, 1.807) is 0 Å². The number of hydrogen-bond acceptors (Lipinski definition) is 1. The first kappa shape index (κ1) is 8.96. The van der Waals surface area contributed by atoms with Crippen molar-refractivity contribution in [3.05, 3.63) is 0 Å². The molecule has 1 heteroatoms. The van der Waals surface area contributed by atoms with E-state index in [4.69, 9.17) is 5.11 Å². The third-order valence-corrected chi connectivity index (χ3v) is 1.67. The van der Waals surface area contributed by atoms with Crippen LogP contribution in [0.4, 0.5) is 0 Å². The number of rotatable bonds is 5. The van der Waals surface area contributed by atoms with Crippen molar-refractivity contribution in [3.8, 4) is 0 Å². The van der Waals surface area contributed by atoms with Crippen molar-refractivity contribution in [1.82, 2.24) is 0 Å². The van der Waals surface area contributed by atoms with Gasteiger partial charge < -0.3 is 5.11 Å². The molecule has 0 spiro atoms. The lowest BCUT2D eigenvalue weighted by atomic mass is 10.0. The van der Waals surface area contributed by atoms with Gasteiger partial charge in [0.25, 0.3) is 0 Å². The summed E-state index contributed by atoms with van der Waals surface area (Å²) in [7, 11) is 0. The van der Waals surface area contributed by atoms with Crippen molar-refractivity contribution in [2.45, 2.75) is 39.5 Å². The topological polar surface area (TPSA) is 20.2 Å². The Morgan fingerprint density at radius 1 is 1.33 bits per heavy atom. The molecule has 0 saturated carbocycles. The summed E-state index contributed by atoms with van der Waals surface area (Å²) in [6, 6.07) is 0. The van der Waals surface area contributed by atoms with Gasteiger partial charge in [-0.2, -0.15) is 0 Å². The average molecular weight is 130 g/mol. The molecule has 0 aromatic rings. The third kappa shape index (κ3) is 5.84. The number of aliphatic hydroxyl groups is 1. The minimum absolute atomic E-state index is 0.352. The Morgan fingerprint density at radius 3 is 2.44 bits per heavy atom. The fraction of sp³-hybridized carbons (Fsp3) is 1.00. The minimum atomic E-state index is 0.352. The molecule has 0 amide bonds. The van der Waals surface area contributed by atoms with Crippen molar-refractivity contribution in [2.75, 3.05) is 6.61 Å². The van der Waals surface area contributed by atoms with E-state index in [1.165, 1.54) is 19.3 Å². The highest BCUT2D eigenvalue weighted by Gasteiger charge is 1.98. The van der Waals surface area contributed by atoms with Crippen LogP contribution in [-0.2, 0) is 0 Å². The van der Waals surface area contributed by atoms with E-state index in [9.17, 15) is 0 Å². The molecule has 1 nitrogen and oxygen atoms in total. The smallest absolute Gasteiger partial charge is 0.0433 e. The van der Waals surface area contributed by atoms with Crippen molar-refractivity contribution >= 4 is 0 Å². The second-order valence-electron chi connectivity index (χ2n) is 2.76. The molecule has 0 radical (unpaired) electrons. The monoisotopic (exact) mass is 130 g/mol. The van der Waals surface area contributed by atoms with Crippen LogP contribution in [0.2, 0.25) is 0 Å². The van der Waals surface area contributed by atoms with Crippen LogP contribution in [0.25, 0.3) is 0 Å². The van der Waals surface area contributed by atoms with Gasteiger partial charge in [0.15, 0.2) is 0 Å². The highest BCUT2D eigenvalue weighted by molar-refractivity contribution is 4.50. The maximum atomic E-state index is 8.54. The molecular weight excluding hydrogens is 112 g/mol. The summed E-state index contributed by atoms with van der Waals surface area (Å²) in [5.74, 6) is 0.718. The molecule has 0 aliphatic heterocycles. The van der Waals surface area contributed by atoms with E-state index < -0.39 is 0 Å². The molecule has 0 unspecified atom stereocenters. The number of hydrogen-bond donors (Lipinski definition) is 1. The van der Waals surface area contributed by atoms with E-state index in [0.717, 1.165) is 12.3 Å². The second-order valence-corrected chi connectivity index (χ2v) is 2.76. The largest absolute Gasteiger partial charge is 0.396 e. The summed E-state index contributed by atoms with van der Waals surface area (Å²) in [6.45, 7) is 4.75. The highest BCUT2D eigenvalue weighted by Crippen LogP contribution is 2.10.